The molecule has 1 unspecified atom stereocenters. The van der Waals surface area contributed by atoms with Crippen molar-refractivity contribution in [3.05, 3.63) is 24.3 Å². The minimum Gasteiger partial charge on any atom is -0.484 e. The number of carbonyl (C=O) groups is 1. The van der Waals surface area contributed by atoms with Crippen LogP contribution in [0.1, 0.15) is 6.42 Å². The molecule has 0 spiro atoms. The predicted molar refractivity (Wildman–Crippen MR) is 73.5 cm³/mol. The molecule has 122 valence electrons. The van der Waals surface area contributed by atoms with E-state index in [-0.39, 0.29) is 18.7 Å². The van der Waals surface area contributed by atoms with Crippen molar-refractivity contribution in [1.82, 2.24) is 0 Å². The molecule has 1 atom stereocenters. The van der Waals surface area contributed by atoms with Gasteiger partial charge in [0.1, 0.15) is 11.0 Å². The Morgan fingerprint density at radius 1 is 1.27 bits per heavy atom. The van der Waals surface area contributed by atoms with Gasteiger partial charge >= 0.3 is 6.18 Å². The van der Waals surface area contributed by atoms with Crippen molar-refractivity contribution in [1.29, 1.82) is 0 Å². The van der Waals surface area contributed by atoms with Crippen molar-refractivity contribution in [2.24, 2.45) is 0 Å². The van der Waals surface area contributed by atoms with Gasteiger partial charge in [0.15, 0.2) is 6.61 Å². The summed E-state index contributed by atoms with van der Waals surface area (Å²) in [7, 11) is 1.38. The molecule has 10 heteroatoms. The Kier molecular flexibility index (Phi) is 4.57. The summed E-state index contributed by atoms with van der Waals surface area (Å²) >= 11 is 0. The Morgan fingerprint density at radius 3 is 2.32 bits per heavy atom. The molecule has 1 aliphatic rings. The van der Waals surface area contributed by atoms with Crippen LogP contribution < -0.4 is 9.64 Å². The minimum absolute atomic E-state index is 0.00534. The molecule has 1 fully saturated rings. The number of benzene rings is 1. The maximum absolute atomic E-state index is 12.0. The number of alkyl halides is 3. The first-order valence-electron chi connectivity index (χ1n) is 6.10. The monoisotopic (exact) mass is 357 g/mol. The number of hydrogen-bond donors (Lipinski definition) is 0. The highest BCUT2D eigenvalue weighted by Crippen LogP contribution is 2.28. The first-order valence-corrected chi connectivity index (χ1v) is 8.47. The summed E-state index contributed by atoms with van der Waals surface area (Å²) in [5, 5.41) is -0.997. The molecule has 0 aliphatic carbocycles. The van der Waals surface area contributed by atoms with E-state index in [1.807, 2.05) is 0 Å². The van der Waals surface area contributed by atoms with Gasteiger partial charge in [-0.1, -0.05) is 0 Å². The third kappa shape index (κ3) is 4.26. The lowest BCUT2D eigenvalue weighted by molar-refractivity contribution is -0.153. The Labute approximate surface area is 129 Å². The SMILES string of the molecule is O=C1CC(S(=O)(=O)Cl)CN1c1ccc(OCC(F)(F)F)cc1. The van der Waals surface area contributed by atoms with Crippen molar-refractivity contribution in [3.8, 4) is 5.75 Å². The highest BCUT2D eigenvalue weighted by Gasteiger charge is 2.38. The number of nitrogens with zero attached hydrogens (tertiary/aromatic N) is 1. The molecule has 1 saturated heterocycles. The van der Waals surface area contributed by atoms with Gasteiger partial charge in [-0.25, -0.2) is 8.42 Å². The lowest BCUT2D eigenvalue weighted by Crippen LogP contribution is -2.26. The van der Waals surface area contributed by atoms with Crippen LogP contribution in [0.5, 0.6) is 5.75 Å². The molecule has 0 bridgehead atoms. The second-order valence-corrected chi connectivity index (χ2v) is 7.61. The van der Waals surface area contributed by atoms with Crippen molar-refractivity contribution < 1.29 is 31.1 Å². The van der Waals surface area contributed by atoms with Gasteiger partial charge in [-0.05, 0) is 24.3 Å². The van der Waals surface area contributed by atoms with Gasteiger partial charge in [0.2, 0.25) is 15.0 Å². The third-order valence-electron chi connectivity index (χ3n) is 3.04. The van der Waals surface area contributed by atoms with Gasteiger partial charge in [0.05, 0.1) is 0 Å². The van der Waals surface area contributed by atoms with E-state index in [1.165, 1.54) is 29.2 Å². The molecule has 5 nitrogen and oxygen atoms in total. The summed E-state index contributed by atoms with van der Waals surface area (Å²) in [6.07, 6.45) is -4.66. The smallest absolute Gasteiger partial charge is 0.422 e. The molecule has 0 saturated carbocycles. The number of carbonyl (C=O) groups excluding carboxylic acids is 1. The van der Waals surface area contributed by atoms with E-state index in [2.05, 4.69) is 4.74 Å². The lowest BCUT2D eigenvalue weighted by Gasteiger charge is -2.17. The summed E-state index contributed by atoms with van der Waals surface area (Å²) < 4.78 is 63.1. The van der Waals surface area contributed by atoms with Gasteiger partial charge in [0, 0.05) is 29.3 Å². The fourth-order valence-corrected chi connectivity index (χ4v) is 3.03. The van der Waals surface area contributed by atoms with E-state index < -0.39 is 33.0 Å². The van der Waals surface area contributed by atoms with Crippen LogP contribution in [0.3, 0.4) is 0 Å². The number of anilines is 1. The summed E-state index contributed by atoms with van der Waals surface area (Å²) in [5.41, 5.74) is 0.368. The molecule has 1 aromatic rings. The molecule has 1 aliphatic heterocycles. The highest BCUT2D eigenvalue weighted by atomic mass is 35.7. The average Bonchev–Trinajstić information content (AvgIpc) is 2.78. The Bertz CT molecular complexity index is 660. The van der Waals surface area contributed by atoms with Gasteiger partial charge in [-0.3, -0.25) is 4.79 Å². The van der Waals surface area contributed by atoms with Gasteiger partial charge in [0.25, 0.3) is 0 Å². The molecule has 0 aromatic heterocycles. The summed E-state index contributed by atoms with van der Waals surface area (Å²) in [5.74, 6) is -0.424. The number of ether oxygens (including phenoxy) is 1. The summed E-state index contributed by atoms with van der Waals surface area (Å²) in [6, 6.07) is 5.31. The van der Waals surface area contributed by atoms with Crippen LogP contribution >= 0.6 is 10.7 Å². The molecule has 1 aromatic carbocycles. The van der Waals surface area contributed by atoms with E-state index >= 15 is 0 Å². The molecule has 1 amide bonds. The highest BCUT2D eigenvalue weighted by molar-refractivity contribution is 8.14. The van der Waals surface area contributed by atoms with Crippen LogP contribution in [0.15, 0.2) is 24.3 Å². The average molecular weight is 358 g/mol. The number of hydrogen-bond acceptors (Lipinski definition) is 4. The molecular formula is C12H11ClF3NO4S. The Hall–Kier alpha value is -1.48. The van der Waals surface area contributed by atoms with Crippen molar-refractivity contribution in [2.45, 2.75) is 17.8 Å². The second kappa shape index (κ2) is 5.96. The van der Waals surface area contributed by atoms with Crippen LogP contribution in [-0.2, 0) is 13.8 Å². The fourth-order valence-electron chi connectivity index (χ4n) is 2.00. The molecule has 1 heterocycles. The van der Waals surface area contributed by atoms with Crippen molar-refractivity contribution >= 4 is 31.3 Å². The number of amides is 1. The maximum atomic E-state index is 12.0. The Morgan fingerprint density at radius 2 is 1.86 bits per heavy atom. The predicted octanol–water partition coefficient (Wildman–Crippen LogP) is 2.30. The van der Waals surface area contributed by atoms with Gasteiger partial charge < -0.3 is 9.64 Å². The molecule has 0 radical (unpaired) electrons. The molecular weight excluding hydrogens is 347 g/mol. The van der Waals surface area contributed by atoms with Crippen LogP contribution in [0.4, 0.5) is 18.9 Å². The van der Waals surface area contributed by atoms with E-state index in [0.29, 0.717) is 5.69 Å². The normalized spacial score (nSPS) is 19.5. The maximum Gasteiger partial charge on any atom is 0.422 e. The number of rotatable bonds is 4. The van der Waals surface area contributed by atoms with Gasteiger partial charge in [-0.15, -0.1) is 0 Å². The third-order valence-corrected chi connectivity index (χ3v) is 4.91. The fraction of sp³-hybridized carbons (Fsp3) is 0.417. The zero-order valence-corrected chi connectivity index (χ0v) is 12.6. The van der Waals surface area contributed by atoms with Crippen molar-refractivity contribution in [2.75, 3.05) is 18.1 Å². The van der Waals surface area contributed by atoms with Crippen LogP contribution in [0.25, 0.3) is 0 Å². The second-order valence-electron chi connectivity index (χ2n) is 4.70. The van der Waals surface area contributed by atoms with Crippen LogP contribution in [0.2, 0.25) is 0 Å². The molecule has 0 N–H and O–H groups in total. The summed E-state index contributed by atoms with van der Waals surface area (Å²) in [6.45, 7) is -1.50. The standard InChI is InChI=1S/C12H11ClF3NO4S/c13-22(19,20)10-5-11(18)17(6-10)8-1-3-9(4-2-8)21-7-12(14,15)16/h1-4,10H,5-7H2. The largest absolute Gasteiger partial charge is 0.484 e. The molecule has 22 heavy (non-hydrogen) atoms. The van der Waals surface area contributed by atoms with Crippen LogP contribution in [0, 0.1) is 0 Å². The van der Waals surface area contributed by atoms with Gasteiger partial charge in [-0.2, -0.15) is 13.2 Å². The Balaban J connectivity index is 2.06. The zero-order valence-electron chi connectivity index (χ0n) is 11.0. The van der Waals surface area contributed by atoms with E-state index in [4.69, 9.17) is 10.7 Å². The van der Waals surface area contributed by atoms with Crippen molar-refractivity contribution in [3.63, 3.8) is 0 Å². The first-order chi connectivity index (χ1) is 10.1. The number of halogens is 4. The zero-order chi connectivity index (χ0) is 16.5. The lowest BCUT2D eigenvalue weighted by atomic mass is 10.3. The van der Waals surface area contributed by atoms with E-state index in [1.54, 1.807) is 0 Å². The minimum atomic E-state index is -4.44. The first kappa shape index (κ1) is 16.9. The topological polar surface area (TPSA) is 63.7 Å². The van der Waals surface area contributed by atoms with E-state index in [9.17, 15) is 26.4 Å². The summed E-state index contributed by atoms with van der Waals surface area (Å²) in [4.78, 5) is 13.0. The van der Waals surface area contributed by atoms with E-state index in [0.717, 1.165) is 0 Å². The quantitative estimate of drug-likeness (QED) is 0.776. The molecule has 2 rings (SSSR count). The van der Waals surface area contributed by atoms with Crippen LogP contribution in [-0.4, -0.2) is 38.9 Å².